The Morgan fingerprint density at radius 2 is 1.90 bits per heavy atom. The molecule has 0 unspecified atom stereocenters. The lowest BCUT2D eigenvalue weighted by Gasteiger charge is -2.09. The smallest absolute Gasteiger partial charge is 0.338 e. The largest absolute Gasteiger partial charge is 0.459 e. The van der Waals surface area contributed by atoms with E-state index in [0.717, 1.165) is 17.2 Å². The molecule has 0 aliphatic carbocycles. The van der Waals surface area contributed by atoms with Crippen LogP contribution in [0.2, 0.25) is 0 Å². The quantitative estimate of drug-likeness (QED) is 0.866. The number of aryl methyl sites for hydroxylation is 1. The zero-order chi connectivity index (χ0) is 14.5. The molecule has 1 aromatic heterocycles. The van der Waals surface area contributed by atoms with Crippen molar-refractivity contribution in [3.8, 4) is 0 Å². The van der Waals surface area contributed by atoms with E-state index in [4.69, 9.17) is 4.74 Å². The number of nitrogens with one attached hydrogen (secondary N) is 1. The molecular formula is C15H17N3O2. The third-order valence-corrected chi connectivity index (χ3v) is 2.54. The number of rotatable bonds is 4. The molecule has 0 atom stereocenters. The summed E-state index contributed by atoms with van der Waals surface area (Å²) in [5, 5.41) is 3.15. The molecule has 0 aliphatic heterocycles. The molecule has 1 aromatic carbocycles. The van der Waals surface area contributed by atoms with Gasteiger partial charge in [-0.3, -0.25) is 0 Å². The van der Waals surface area contributed by atoms with Crippen LogP contribution in [0.3, 0.4) is 0 Å². The lowest BCUT2D eigenvalue weighted by molar-refractivity contribution is 0.0378. The van der Waals surface area contributed by atoms with Crippen LogP contribution in [-0.4, -0.2) is 22.0 Å². The van der Waals surface area contributed by atoms with Crippen LogP contribution in [0, 0.1) is 6.92 Å². The first kappa shape index (κ1) is 14.0. The van der Waals surface area contributed by atoms with Gasteiger partial charge in [0.1, 0.15) is 12.1 Å². The molecular weight excluding hydrogens is 254 g/mol. The SMILES string of the molecule is Cc1cc(Nc2ccc(C(=O)OC(C)C)cc2)ncn1. The zero-order valence-corrected chi connectivity index (χ0v) is 11.8. The first-order chi connectivity index (χ1) is 9.54. The Kier molecular flexibility index (Phi) is 4.30. The summed E-state index contributed by atoms with van der Waals surface area (Å²) in [6, 6.07) is 8.92. The van der Waals surface area contributed by atoms with Crippen molar-refractivity contribution in [1.82, 2.24) is 9.97 Å². The van der Waals surface area contributed by atoms with Gasteiger partial charge in [0.15, 0.2) is 0 Å². The van der Waals surface area contributed by atoms with Crippen molar-refractivity contribution in [3.63, 3.8) is 0 Å². The Bertz CT molecular complexity index is 594. The molecule has 1 heterocycles. The monoisotopic (exact) mass is 271 g/mol. The number of hydrogen-bond acceptors (Lipinski definition) is 5. The van der Waals surface area contributed by atoms with E-state index in [1.54, 1.807) is 12.1 Å². The average molecular weight is 271 g/mol. The molecule has 2 rings (SSSR count). The molecule has 0 aliphatic rings. The predicted molar refractivity (Wildman–Crippen MR) is 77.0 cm³/mol. The van der Waals surface area contributed by atoms with Crippen LogP contribution >= 0.6 is 0 Å². The lowest BCUT2D eigenvalue weighted by Crippen LogP contribution is -2.11. The Morgan fingerprint density at radius 1 is 1.20 bits per heavy atom. The van der Waals surface area contributed by atoms with E-state index in [9.17, 15) is 4.79 Å². The zero-order valence-electron chi connectivity index (χ0n) is 11.8. The number of hydrogen-bond donors (Lipinski definition) is 1. The summed E-state index contributed by atoms with van der Waals surface area (Å²) in [4.78, 5) is 19.9. The fourth-order valence-corrected chi connectivity index (χ4v) is 1.64. The second-order valence-corrected chi connectivity index (χ2v) is 4.70. The van der Waals surface area contributed by atoms with Crippen LogP contribution in [0.1, 0.15) is 29.9 Å². The molecule has 5 heteroatoms. The highest BCUT2D eigenvalue weighted by Crippen LogP contribution is 2.16. The van der Waals surface area contributed by atoms with E-state index in [1.807, 2.05) is 39.0 Å². The predicted octanol–water partition coefficient (Wildman–Crippen LogP) is 3.09. The van der Waals surface area contributed by atoms with Crippen molar-refractivity contribution in [3.05, 3.63) is 47.9 Å². The number of anilines is 2. The Balaban J connectivity index is 2.07. The van der Waals surface area contributed by atoms with E-state index in [2.05, 4.69) is 15.3 Å². The Labute approximate surface area is 118 Å². The number of esters is 1. The first-order valence-electron chi connectivity index (χ1n) is 6.41. The number of nitrogens with zero attached hydrogens (tertiary/aromatic N) is 2. The van der Waals surface area contributed by atoms with Crippen LogP contribution in [0.15, 0.2) is 36.7 Å². The van der Waals surface area contributed by atoms with Gasteiger partial charge in [-0.15, -0.1) is 0 Å². The van der Waals surface area contributed by atoms with Gasteiger partial charge in [-0.1, -0.05) is 0 Å². The highest BCUT2D eigenvalue weighted by molar-refractivity contribution is 5.90. The van der Waals surface area contributed by atoms with E-state index in [-0.39, 0.29) is 12.1 Å². The standard InChI is InChI=1S/C15H17N3O2/c1-10(2)20-15(19)12-4-6-13(7-5-12)18-14-8-11(3)16-9-17-14/h4-10H,1-3H3,(H,16,17,18). The molecule has 20 heavy (non-hydrogen) atoms. The van der Waals surface area contributed by atoms with Crippen LogP contribution in [0.5, 0.6) is 0 Å². The summed E-state index contributed by atoms with van der Waals surface area (Å²) in [6.45, 7) is 5.55. The lowest BCUT2D eigenvalue weighted by atomic mass is 10.2. The van der Waals surface area contributed by atoms with E-state index in [0.29, 0.717) is 5.56 Å². The van der Waals surface area contributed by atoms with Crippen LogP contribution < -0.4 is 5.32 Å². The fourth-order valence-electron chi connectivity index (χ4n) is 1.64. The van der Waals surface area contributed by atoms with E-state index >= 15 is 0 Å². The van der Waals surface area contributed by atoms with Crippen molar-refractivity contribution in [2.45, 2.75) is 26.9 Å². The topological polar surface area (TPSA) is 64.1 Å². The molecule has 2 aromatic rings. The summed E-state index contributed by atoms with van der Waals surface area (Å²) < 4.78 is 5.13. The van der Waals surface area contributed by atoms with Crippen LogP contribution in [-0.2, 0) is 4.74 Å². The molecule has 0 amide bonds. The van der Waals surface area contributed by atoms with Crippen molar-refractivity contribution < 1.29 is 9.53 Å². The Hall–Kier alpha value is -2.43. The first-order valence-corrected chi connectivity index (χ1v) is 6.41. The minimum atomic E-state index is -0.315. The third-order valence-electron chi connectivity index (χ3n) is 2.54. The summed E-state index contributed by atoms with van der Waals surface area (Å²) in [5.74, 6) is 0.402. The molecule has 0 bridgehead atoms. The minimum Gasteiger partial charge on any atom is -0.459 e. The molecule has 0 spiro atoms. The van der Waals surface area contributed by atoms with Crippen molar-refractivity contribution in [2.24, 2.45) is 0 Å². The summed E-state index contributed by atoms with van der Waals surface area (Å²) in [5.41, 5.74) is 2.27. The molecule has 104 valence electrons. The van der Waals surface area contributed by atoms with Crippen molar-refractivity contribution >= 4 is 17.5 Å². The summed E-state index contributed by atoms with van der Waals surface area (Å²) >= 11 is 0. The number of ether oxygens (including phenoxy) is 1. The van der Waals surface area contributed by atoms with Gasteiger partial charge < -0.3 is 10.1 Å². The number of carbonyl (C=O) groups excluding carboxylic acids is 1. The van der Waals surface area contributed by atoms with E-state index in [1.165, 1.54) is 6.33 Å². The number of benzene rings is 1. The van der Waals surface area contributed by atoms with Gasteiger partial charge in [0.2, 0.25) is 0 Å². The second-order valence-electron chi connectivity index (χ2n) is 4.70. The molecule has 0 fully saturated rings. The van der Waals surface area contributed by atoms with Crippen LogP contribution in [0.4, 0.5) is 11.5 Å². The normalized spacial score (nSPS) is 10.4. The number of carbonyl (C=O) groups is 1. The van der Waals surface area contributed by atoms with Gasteiger partial charge in [-0.05, 0) is 45.0 Å². The Morgan fingerprint density at radius 3 is 2.50 bits per heavy atom. The maximum absolute atomic E-state index is 11.7. The van der Waals surface area contributed by atoms with Gasteiger partial charge in [-0.2, -0.15) is 0 Å². The third kappa shape index (κ3) is 3.78. The second kappa shape index (κ2) is 6.14. The van der Waals surface area contributed by atoms with Gasteiger partial charge in [-0.25, -0.2) is 14.8 Å². The van der Waals surface area contributed by atoms with Crippen LogP contribution in [0.25, 0.3) is 0 Å². The fraction of sp³-hybridized carbons (Fsp3) is 0.267. The highest BCUT2D eigenvalue weighted by atomic mass is 16.5. The molecule has 0 saturated carbocycles. The van der Waals surface area contributed by atoms with Crippen molar-refractivity contribution in [2.75, 3.05) is 5.32 Å². The highest BCUT2D eigenvalue weighted by Gasteiger charge is 2.08. The van der Waals surface area contributed by atoms with Gasteiger partial charge >= 0.3 is 5.97 Å². The number of aromatic nitrogens is 2. The molecule has 0 radical (unpaired) electrons. The van der Waals surface area contributed by atoms with Gasteiger partial charge in [0.05, 0.1) is 11.7 Å². The average Bonchev–Trinajstić information content (AvgIpc) is 2.38. The molecule has 0 saturated heterocycles. The maximum atomic E-state index is 11.7. The summed E-state index contributed by atoms with van der Waals surface area (Å²) in [7, 11) is 0. The van der Waals surface area contributed by atoms with Gasteiger partial charge in [0.25, 0.3) is 0 Å². The van der Waals surface area contributed by atoms with E-state index < -0.39 is 0 Å². The molecule has 1 N–H and O–H groups in total. The molecule has 5 nitrogen and oxygen atoms in total. The maximum Gasteiger partial charge on any atom is 0.338 e. The summed E-state index contributed by atoms with van der Waals surface area (Å²) in [6.07, 6.45) is 1.38. The minimum absolute atomic E-state index is 0.121. The van der Waals surface area contributed by atoms with Crippen molar-refractivity contribution in [1.29, 1.82) is 0 Å². The van der Waals surface area contributed by atoms with Gasteiger partial charge in [0, 0.05) is 17.4 Å².